The first kappa shape index (κ1) is 12.5. The summed E-state index contributed by atoms with van der Waals surface area (Å²) in [5.41, 5.74) is 2.85. The highest BCUT2D eigenvalue weighted by atomic mass is 15.3. The number of aliphatic imine (C=N–C) groups is 1. The molecule has 3 heteroatoms. The first-order valence-electron chi connectivity index (χ1n) is 7.41. The van der Waals surface area contributed by atoms with E-state index in [0.717, 1.165) is 37.9 Å². The van der Waals surface area contributed by atoms with E-state index >= 15 is 0 Å². The van der Waals surface area contributed by atoms with Crippen molar-refractivity contribution in [3.63, 3.8) is 0 Å². The molecule has 0 bridgehead atoms. The normalized spacial score (nSPS) is 19.8. The van der Waals surface area contributed by atoms with Gasteiger partial charge in [-0.2, -0.15) is 0 Å². The van der Waals surface area contributed by atoms with Crippen LogP contribution in [0.15, 0.2) is 29.3 Å². The third-order valence-electron chi connectivity index (χ3n) is 4.28. The highest BCUT2D eigenvalue weighted by Crippen LogP contribution is 2.36. The SMILES string of the molecule is CN1CCCN=C1NCc1ccc(C2CCC2)cc1. The van der Waals surface area contributed by atoms with Crippen molar-refractivity contribution in [3.8, 4) is 0 Å². The topological polar surface area (TPSA) is 27.6 Å². The lowest BCUT2D eigenvalue weighted by molar-refractivity contribution is 0.419. The Morgan fingerprint density at radius 3 is 2.63 bits per heavy atom. The van der Waals surface area contributed by atoms with Crippen LogP contribution in [0.4, 0.5) is 0 Å². The van der Waals surface area contributed by atoms with Gasteiger partial charge >= 0.3 is 0 Å². The van der Waals surface area contributed by atoms with Crippen LogP contribution in [0.5, 0.6) is 0 Å². The molecule has 0 radical (unpaired) electrons. The molecule has 0 saturated heterocycles. The van der Waals surface area contributed by atoms with Gasteiger partial charge in [0, 0.05) is 26.7 Å². The van der Waals surface area contributed by atoms with Crippen LogP contribution in [0.25, 0.3) is 0 Å². The lowest BCUT2D eigenvalue weighted by Gasteiger charge is -2.26. The first-order chi connectivity index (χ1) is 9.33. The highest BCUT2D eigenvalue weighted by Gasteiger charge is 2.18. The molecule has 0 aromatic heterocycles. The Bertz CT molecular complexity index is 446. The molecule has 2 aliphatic rings. The maximum Gasteiger partial charge on any atom is 0.193 e. The Morgan fingerprint density at radius 1 is 1.21 bits per heavy atom. The summed E-state index contributed by atoms with van der Waals surface area (Å²) in [6.45, 7) is 2.92. The fourth-order valence-electron chi connectivity index (χ4n) is 2.74. The Hall–Kier alpha value is -1.51. The fourth-order valence-corrected chi connectivity index (χ4v) is 2.74. The molecule has 0 atom stereocenters. The standard InChI is InChI=1S/C16H23N3/c1-19-11-3-10-17-16(19)18-12-13-6-8-15(9-7-13)14-4-2-5-14/h6-9,14H,2-5,10-12H2,1H3,(H,17,18). The van der Waals surface area contributed by atoms with Gasteiger partial charge in [-0.3, -0.25) is 4.99 Å². The molecule has 1 saturated carbocycles. The zero-order chi connectivity index (χ0) is 13.1. The van der Waals surface area contributed by atoms with Crippen LogP contribution >= 0.6 is 0 Å². The molecule has 19 heavy (non-hydrogen) atoms. The monoisotopic (exact) mass is 257 g/mol. The number of hydrogen-bond donors (Lipinski definition) is 1. The maximum atomic E-state index is 4.53. The van der Waals surface area contributed by atoms with Gasteiger partial charge in [-0.1, -0.05) is 30.7 Å². The van der Waals surface area contributed by atoms with Gasteiger partial charge in [-0.05, 0) is 36.3 Å². The Kier molecular flexibility index (Phi) is 3.72. The summed E-state index contributed by atoms with van der Waals surface area (Å²) in [6.07, 6.45) is 5.32. The molecule has 3 rings (SSSR count). The largest absolute Gasteiger partial charge is 0.352 e. The van der Waals surface area contributed by atoms with E-state index in [4.69, 9.17) is 0 Å². The lowest BCUT2D eigenvalue weighted by atomic mass is 9.80. The number of benzene rings is 1. The first-order valence-corrected chi connectivity index (χ1v) is 7.41. The van der Waals surface area contributed by atoms with Crippen molar-refractivity contribution in [1.29, 1.82) is 0 Å². The third-order valence-corrected chi connectivity index (χ3v) is 4.28. The van der Waals surface area contributed by atoms with Crippen LogP contribution in [0.1, 0.15) is 42.7 Å². The zero-order valence-electron chi connectivity index (χ0n) is 11.7. The summed E-state index contributed by atoms with van der Waals surface area (Å²) < 4.78 is 0. The van der Waals surface area contributed by atoms with Crippen LogP contribution in [0.3, 0.4) is 0 Å². The molecule has 0 amide bonds. The van der Waals surface area contributed by atoms with Crippen molar-refractivity contribution < 1.29 is 0 Å². The second-order valence-corrected chi connectivity index (χ2v) is 5.70. The van der Waals surface area contributed by atoms with E-state index in [1.807, 2.05) is 0 Å². The molecule has 1 aromatic rings. The molecule has 0 unspecified atom stereocenters. The second-order valence-electron chi connectivity index (χ2n) is 5.70. The van der Waals surface area contributed by atoms with Crippen molar-refractivity contribution in [1.82, 2.24) is 10.2 Å². The van der Waals surface area contributed by atoms with Crippen LogP contribution in [-0.2, 0) is 6.54 Å². The molecular weight excluding hydrogens is 234 g/mol. The van der Waals surface area contributed by atoms with E-state index in [1.54, 1.807) is 0 Å². The van der Waals surface area contributed by atoms with E-state index in [-0.39, 0.29) is 0 Å². The summed E-state index contributed by atoms with van der Waals surface area (Å²) in [7, 11) is 2.10. The number of nitrogens with one attached hydrogen (secondary N) is 1. The summed E-state index contributed by atoms with van der Waals surface area (Å²) in [5.74, 6) is 1.87. The zero-order valence-corrected chi connectivity index (χ0v) is 11.7. The number of guanidine groups is 1. The van der Waals surface area contributed by atoms with Gasteiger partial charge in [-0.15, -0.1) is 0 Å². The van der Waals surface area contributed by atoms with Crippen molar-refractivity contribution in [2.75, 3.05) is 20.1 Å². The van der Waals surface area contributed by atoms with E-state index < -0.39 is 0 Å². The highest BCUT2D eigenvalue weighted by molar-refractivity contribution is 5.80. The number of rotatable bonds is 3. The van der Waals surface area contributed by atoms with Gasteiger partial charge in [-0.25, -0.2) is 0 Å². The van der Waals surface area contributed by atoms with E-state index in [1.165, 1.54) is 30.4 Å². The van der Waals surface area contributed by atoms with Crippen LogP contribution in [0.2, 0.25) is 0 Å². The molecule has 0 spiro atoms. The minimum atomic E-state index is 0.830. The van der Waals surface area contributed by atoms with E-state index in [0.29, 0.717) is 0 Å². The lowest BCUT2D eigenvalue weighted by Crippen LogP contribution is -2.41. The molecular formula is C16H23N3. The van der Waals surface area contributed by atoms with Crippen molar-refractivity contribution in [3.05, 3.63) is 35.4 Å². The summed E-state index contributed by atoms with van der Waals surface area (Å²) in [6, 6.07) is 9.11. The summed E-state index contributed by atoms with van der Waals surface area (Å²) in [4.78, 5) is 6.73. The predicted octanol–water partition coefficient (Wildman–Crippen LogP) is 2.74. The quantitative estimate of drug-likeness (QED) is 0.901. The van der Waals surface area contributed by atoms with Gasteiger partial charge in [0.25, 0.3) is 0 Å². The second kappa shape index (κ2) is 5.64. The van der Waals surface area contributed by atoms with E-state index in [9.17, 15) is 0 Å². The van der Waals surface area contributed by atoms with Crippen molar-refractivity contribution in [2.45, 2.75) is 38.1 Å². The Balaban J connectivity index is 1.56. The molecule has 1 N–H and O–H groups in total. The molecule has 1 fully saturated rings. The average Bonchev–Trinajstić information content (AvgIpc) is 2.37. The molecule has 1 aliphatic carbocycles. The van der Waals surface area contributed by atoms with Crippen LogP contribution in [-0.4, -0.2) is 31.0 Å². The van der Waals surface area contributed by atoms with Gasteiger partial charge in [0.05, 0.1) is 0 Å². The van der Waals surface area contributed by atoms with E-state index in [2.05, 4.69) is 46.5 Å². The smallest absolute Gasteiger partial charge is 0.193 e. The minimum absolute atomic E-state index is 0.830. The predicted molar refractivity (Wildman–Crippen MR) is 79.4 cm³/mol. The number of nitrogens with zero attached hydrogens (tertiary/aromatic N) is 2. The fraction of sp³-hybridized carbons (Fsp3) is 0.562. The average molecular weight is 257 g/mol. The molecule has 102 valence electrons. The van der Waals surface area contributed by atoms with Crippen LogP contribution < -0.4 is 5.32 Å². The Labute approximate surface area is 115 Å². The molecule has 1 aromatic carbocycles. The maximum absolute atomic E-state index is 4.53. The van der Waals surface area contributed by atoms with Crippen molar-refractivity contribution in [2.24, 2.45) is 4.99 Å². The minimum Gasteiger partial charge on any atom is -0.352 e. The molecule has 1 heterocycles. The van der Waals surface area contributed by atoms with Gasteiger partial charge in [0.2, 0.25) is 0 Å². The van der Waals surface area contributed by atoms with Gasteiger partial charge in [0.15, 0.2) is 5.96 Å². The molecule has 1 aliphatic heterocycles. The number of hydrogen-bond acceptors (Lipinski definition) is 3. The molecule has 3 nitrogen and oxygen atoms in total. The van der Waals surface area contributed by atoms with Crippen molar-refractivity contribution >= 4 is 5.96 Å². The van der Waals surface area contributed by atoms with Gasteiger partial charge < -0.3 is 10.2 Å². The van der Waals surface area contributed by atoms with Crippen LogP contribution in [0, 0.1) is 0 Å². The summed E-state index contributed by atoms with van der Waals surface area (Å²) in [5, 5.41) is 3.44. The summed E-state index contributed by atoms with van der Waals surface area (Å²) >= 11 is 0. The third kappa shape index (κ3) is 2.91. The van der Waals surface area contributed by atoms with Gasteiger partial charge in [0.1, 0.15) is 0 Å². The Morgan fingerprint density at radius 2 is 2.00 bits per heavy atom.